The van der Waals surface area contributed by atoms with Crippen LogP contribution in [-0.2, 0) is 16.1 Å². The first-order valence-corrected chi connectivity index (χ1v) is 7.76. The minimum atomic E-state index is -0.487. The molecule has 0 radical (unpaired) electrons. The monoisotopic (exact) mass is 347 g/mol. The summed E-state index contributed by atoms with van der Waals surface area (Å²) in [5, 5.41) is 6.19. The van der Waals surface area contributed by atoms with E-state index in [0.717, 1.165) is 5.69 Å². The van der Waals surface area contributed by atoms with Gasteiger partial charge in [-0.05, 0) is 30.3 Å². The number of aromatic nitrogens is 1. The molecule has 6 nitrogen and oxygen atoms in total. The van der Waals surface area contributed by atoms with Crippen LogP contribution in [-0.4, -0.2) is 30.5 Å². The molecule has 0 atom stereocenters. The third-order valence-corrected chi connectivity index (χ3v) is 3.55. The molecule has 0 saturated heterocycles. The molecule has 0 fully saturated rings. The smallest absolute Gasteiger partial charge is 0.337 e. The molecular formula is C17H18ClN3O3. The van der Waals surface area contributed by atoms with Crippen LogP contribution in [0.2, 0.25) is 5.02 Å². The molecule has 1 heterocycles. The maximum atomic E-state index is 12.0. The van der Waals surface area contributed by atoms with Gasteiger partial charge in [-0.2, -0.15) is 0 Å². The van der Waals surface area contributed by atoms with Gasteiger partial charge in [0, 0.05) is 25.7 Å². The highest BCUT2D eigenvalue weighted by Crippen LogP contribution is 2.23. The van der Waals surface area contributed by atoms with Gasteiger partial charge >= 0.3 is 5.97 Å². The average molecular weight is 348 g/mol. The number of carbonyl (C=O) groups is 2. The number of anilines is 1. The van der Waals surface area contributed by atoms with Gasteiger partial charge in [-0.25, -0.2) is 4.79 Å². The second-order valence-corrected chi connectivity index (χ2v) is 5.39. The summed E-state index contributed by atoms with van der Waals surface area (Å²) in [6, 6.07) is 10.2. The number of nitrogens with one attached hydrogen (secondary N) is 2. The molecule has 1 aromatic heterocycles. The molecule has 1 amide bonds. The molecule has 0 aliphatic rings. The number of rotatable bonds is 7. The quantitative estimate of drug-likeness (QED) is 0.594. The highest BCUT2D eigenvalue weighted by Gasteiger charge is 2.11. The summed E-state index contributed by atoms with van der Waals surface area (Å²) in [6.45, 7) is 1.09. The molecule has 0 aliphatic heterocycles. The van der Waals surface area contributed by atoms with Crippen LogP contribution in [0.1, 0.15) is 22.5 Å². The lowest BCUT2D eigenvalue weighted by Gasteiger charge is -2.09. The molecular weight excluding hydrogens is 330 g/mol. The SMILES string of the molecule is COC(=O)c1ccc(Cl)c(NC(=O)CCNCc2ccccn2)c1. The molecule has 0 unspecified atom stereocenters. The number of benzene rings is 1. The Morgan fingerprint density at radius 1 is 1.25 bits per heavy atom. The summed E-state index contributed by atoms with van der Waals surface area (Å²) in [6.07, 6.45) is 1.99. The van der Waals surface area contributed by atoms with Crippen LogP contribution in [0.3, 0.4) is 0 Å². The topological polar surface area (TPSA) is 80.3 Å². The Hall–Kier alpha value is -2.44. The predicted octanol–water partition coefficient (Wildman–Crippen LogP) is 2.64. The molecule has 1 aromatic carbocycles. The van der Waals surface area contributed by atoms with Crippen LogP contribution >= 0.6 is 11.6 Å². The van der Waals surface area contributed by atoms with Crippen molar-refractivity contribution in [2.75, 3.05) is 19.0 Å². The summed E-state index contributed by atoms with van der Waals surface area (Å²) in [4.78, 5) is 27.7. The Kier molecular flexibility index (Phi) is 6.72. The number of hydrogen-bond acceptors (Lipinski definition) is 5. The fraction of sp³-hybridized carbons (Fsp3) is 0.235. The normalized spacial score (nSPS) is 10.2. The van der Waals surface area contributed by atoms with Gasteiger partial charge in [0.15, 0.2) is 0 Å². The van der Waals surface area contributed by atoms with E-state index < -0.39 is 5.97 Å². The molecule has 2 rings (SSSR count). The summed E-state index contributed by atoms with van der Waals surface area (Å²) < 4.78 is 4.65. The van der Waals surface area contributed by atoms with Crippen LogP contribution in [0.4, 0.5) is 5.69 Å². The molecule has 0 saturated carbocycles. The van der Waals surface area contributed by atoms with Crippen LogP contribution < -0.4 is 10.6 Å². The molecule has 2 N–H and O–H groups in total. The number of pyridine rings is 1. The molecule has 24 heavy (non-hydrogen) atoms. The van der Waals surface area contributed by atoms with E-state index in [1.165, 1.54) is 19.2 Å². The summed E-state index contributed by atoms with van der Waals surface area (Å²) in [7, 11) is 1.29. The van der Waals surface area contributed by atoms with Crippen molar-refractivity contribution < 1.29 is 14.3 Å². The van der Waals surface area contributed by atoms with E-state index in [2.05, 4.69) is 20.4 Å². The van der Waals surface area contributed by atoms with E-state index in [-0.39, 0.29) is 12.3 Å². The minimum absolute atomic E-state index is 0.201. The number of methoxy groups -OCH3 is 1. The zero-order chi connectivity index (χ0) is 17.4. The number of hydrogen-bond donors (Lipinski definition) is 2. The maximum Gasteiger partial charge on any atom is 0.337 e. The largest absolute Gasteiger partial charge is 0.465 e. The van der Waals surface area contributed by atoms with Crippen molar-refractivity contribution in [3.63, 3.8) is 0 Å². The first-order chi connectivity index (χ1) is 11.6. The van der Waals surface area contributed by atoms with E-state index in [0.29, 0.717) is 29.4 Å². The van der Waals surface area contributed by atoms with Crippen molar-refractivity contribution in [3.05, 3.63) is 58.9 Å². The summed E-state index contributed by atoms with van der Waals surface area (Å²) in [5.74, 6) is -0.688. The molecule has 0 aliphatic carbocycles. The molecule has 0 bridgehead atoms. The lowest BCUT2D eigenvalue weighted by molar-refractivity contribution is -0.116. The van der Waals surface area contributed by atoms with Crippen molar-refractivity contribution in [1.29, 1.82) is 0 Å². The standard InChI is InChI=1S/C17H18ClN3O3/c1-24-17(23)12-5-6-14(18)15(10-12)21-16(22)7-9-19-11-13-4-2-3-8-20-13/h2-6,8,10,19H,7,9,11H2,1H3,(H,21,22). The zero-order valence-corrected chi connectivity index (χ0v) is 14.0. The van der Waals surface area contributed by atoms with Gasteiger partial charge in [-0.3, -0.25) is 9.78 Å². The zero-order valence-electron chi connectivity index (χ0n) is 13.2. The van der Waals surface area contributed by atoms with Crippen LogP contribution in [0, 0.1) is 0 Å². The molecule has 126 valence electrons. The summed E-state index contributed by atoms with van der Waals surface area (Å²) in [5.41, 5.74) is 1.62. The van der Waals surface area contributed by atoms with Gasteiger partial charge in [0.25, 0.3) is 0 Å². The Bertz CT molecular complexity index is 707. The second kappa shape index (κ2) is 9.00. The Labute approximate surface area is 145 Å². The van der Waals surface area contributed by atoms with Gasteiger partial charge in [0.2, 0.25) is 5.91 Å². The number of nitrogens with zero attached hydrogens (tertiary/aromatic N) is 1. The number of amides is 1. The number of carbonyl (C=O) groups excluding carboxylic acids is 2. The Morgan fingerprint density at radius 2 is 2.08 bits per heavy atom. The Balaban J connectivity index is 1.82. The molecule has 2 aromatic rings. The first-order valence-electron chi connectivity index (χ1n) is 7.38. The lowest BCUT2D eigenvalue weighted by Crippen LogP contribution is -2.22. The predicted molar refractivity (Wildman–Crippen MR) is 92.0 cm³/mol. The number of halogens is 1. The number of ether oxygens (including phenoxy) is 1. The number of esters is 1. The average Bonchev–Trinajstić information content (AvgIpc) is 2.61. The van der Waals surface area contributed by atoms with Gasteiger partial charge in [0.1, 0.15) is 0 Å². The van der Waals surface area contributed by atoms with E-state index in [1.807, 2.05) is 18.2 Å². The van der Waals surface area contributed by atoms with Crippen molar-refractivity contribution in [2.45, 2.75) is 13.0 Å². The van der Waals surface area contributed by atoms with Crippen molar-refractivity contribution in [3.8, 4) is 0 Å². The van der Waals surface area contributed by atoms with Crippen molar-refractivity contribution in [2.24, 2.45) is 0 Å². The van der Waals surface area contributed by atoms with Crippen LogP contribution in [0.15, 0.2) is 42.6 Å². The second-order valence-electron chi connectivity index (χ2n) is 4.98. The molecule has 0 spiro atoms. The molecule has 7 heteroatoms. The minimum Gasteiger partial charge on any atom is -0.465 e. The lowest BCUT2D eigenvalue weighted by atomic mass is 10.2. The fourth-order valence-corrected chi connectivity index (χ4v) is 2.16. The van der Waals surface area contributed by atoms with Gasteiger partial charge < -0.3 is 15.4 Å². The first kappa shape index (κ1) is 17.9. The van der Waals surface area contributed by atoms with Crippen molar-refractivity contribution >= 4 is 29.2 Å². The maximum absolute atomic E-state index is 12.0. The highest BCUT2D eigenvalue weighted by atomic mass is 35.5. The van der Waals surface area contributed by atoms with E-state index >= 15 is 0 Å². The fourth-order valence-electron chi connectivity index (χ4n) is 2.00. The van der Waals surface area contributed by atoms with Gasteiger partial charge in [-0.15, -0.1) is 0 Å². The third-order valence-electron chi connectivity index (χ3n) is 3.22. The van der Waals surface area contributed by atoms with Gasteiger partial charge in [-0.1, -0.05) is 17.7 Å². The third kappa shape index (κ3) is 5.33. The van der Waals surface area contributed by atoms with Crippen LogP contribution in [0.5, 0.6) is 0 Å². The van der Waals surface area contributed by atoms with Crippen LogP contribution in [0.25, 0.3) is 0 Å². The van der Waals surface area contributed by atoms with E-state index in [4.69, 9.17) is 11.6 Å². The van der Waals surface area contributed by atoms with E-state index in [9.17, 15) is 9.59 Å². The van der Waals surface area contributed by atoms with Gasteiger partial charge in [0.05, 0.1) is 29.1 Å². The summed E-state index contributed by atoms with van der Waals surface area (Å²) >= 11 is 6.04. The highest BCUT2D eigenvalue weighted by molar-refractivity contribution is 6.33. The van der Waals surface area contributed by atoms with E-state index in [1.54, 1.807) is 12.3 Å². The van der Waals surface area contributed by atoms with Crippen molar-refractivity contribution in [1.82, 2.24) is 10.3 Å². The Morgan fingerprint density at radius 3 is 2.79 bits per heavy atom.